The second-order valence-electron chi connectivity index (χ2n) is 5.33. The van der Waals surface area contributed by atoms with Crippen LogP contribution < -0.4 is 5.32 Å². The van der Waals surface area contributed by atoms with Gasteiger partial charge in [0.2, 0.25) is 0 Å². The summed E-state index contributed by atoms with van der Waals surface area (Å²) in [5.74, 6) is -0.547. The van der Waals surface area contributed by atoms with Gasteiger partial charge in [0.25, 0.3) is 0 Å². The Bertz CT molecular complexity index is 666. The molecule has 2 heterocycles. The number of carbonyl (C=O) groups excluding carboxylic acids is 1. The van der Waals surface area contributed by atoms with E-state index in [2.05, 4.69) is 10.3 Å². The Morgan fingerprint density at radius 1 is 1.26 bits per heavy atom. The van der Waals surface area contributed by atoms with Crippen LogP contribution in [-0.2, 0) is 4.74 Å². The van der Waals surface area contributed by atoms with Gasteiger partial charge in [-0.05, 0) is 18.1 Å². The van der Waals surface area contributed by atoms with Gasteiger partial charge < -0.3 is 15.0 Å². The number of halogens is 1. The van der Waals surface area contributed by atoms with Crippen molar-refractivity contribution >= 4 is 11.7 Å². The number of hydrogen-bond acceptors (Lipinski definition) is 3. The van der Waals surface area contributed by atoms with E-state index in [1.165, 1.54) is 12.3 Å². The van der Waals surface area contributed by atoms with Crippen LogP contribution in [0.4, 0.5) is 14.9 Å². The van der Waals surface area contributed by atoms with Gasteiger partial charge in [-0.2, -0.15) is 0 Å². The first-order valence-corrected chi connectivity index (χ1v) is 7.56. The van der Waals surface area contributed by atoms with Gasteiger partial charge in [-0.25, -0.2) is 9.18 Å². The van der Waals surface area contributed by atoms with Gasteiger partial charge in [0.05, 0.1) is 24.6 Å². The zero-order valence-corrected chi connectivity index (χ0v) is 12.6. The Morgan fingerprint density at radius 3 is 2.87 bits per heavy atom. The number of urea groups is 1. The normalized spacial score (nSPS) is 18.3. The molecule has 0 spiro atoms. The third-order valence-corrected chi connectivity index (χ3v) is 3.81. The molecular weight excluding hydrogens is 297 g/mol. The monoisotopic (exact) mass is 315 g/mol. The van der Waals surface area contributed by atoms with Crippen LogP contribution in [0.1, 0.15) is 18.1 Å². The summed E-state index contributed by atoms with van der Waals surface area (Å²) >= 11 is 0. The number of pyridine rings is 1. The number of carbonyl (C=O) groups is 1. The maximum absolute atomic E-state index is 13.6. The zero-order chi connectivity index (χ0) is 16.1. The number of hydrogen-bond donors (Lipinski definition) is 1. The average Bonchev–Trinajstić information content (AvgIpc) is 2.84. The summed E-state index contributed by atoms with van der Waals surface area (Å²) in [6, 6.07) is 11.1. The summed E-state index contributed by atoms with van der Waals surface area (Å²) in [7, 11) is 0. The molecule has 5 nitrogen and oxygen atoms in total. The van der Waals surface area contributed by atoms with Gasteiger partial charge in [-0.1, -0.05) is 30.3 Å². The van der Waals surface area contributed by atoms with Crippen LogP contribution in [0.3, 0.4) is 0 Å². The standard InChI is InChI=1S/C17H18FN3O2/c18-14-12-19-8-6-15(14)20-17(22)21-9-7-16(23-11-10-21)13-4-2-1-3-5-13/h1-6,8,12,16H,7,9-11H2,(H,19,20,22). The van der Waals surface area contributed by atoms with Crippen LogP contribution in [0.25, 0.3) is 0 Å². The highest BCUT2D eigenvalue weighted by molar-refractivity contribution is 5.89. The third-order valence-electron chi connectivity index (χ3n) is 3.81. The van der Waals surface area contributed by atoms with Crippen molar-refractivity contribution in [3.05, 3.63) is 60.2 Å². The molecule has 1 aliphatic rings. The van der Waals surface area contributed by atoms with Crippen molar-refractivity contribution in [2.45, 2.75) is 12.5 Å². The van der Waals surface area contributed by atoms with Crippen molar-refractivity contribution in [3.63, 3.8) is 0 Å². The Morgan fingerprint density at radius 2 is 2.09 bits per heavy atom. The lowest BCUT2D eigenvalue weighted by molar-refractivity contribution is 0.0627. The van der Waals surface area contributed by atoms with Gasteiger partial charge >= 0.3 is 6.03 Å². The topological polar surface area (TPSA) is 54.5 Å². The quantitative estimate of drug-likeness (QED) is 0.926. The van der Waals surface area contributed by atoms with E-state index in [1.54, 1.807) is 4.90 Å². The fraction of sp³-hybridized carbons (Fsp3) is 0.294. The Balaban J connectivity index is 1.61. The third kappa shape index (κ3) is 3.84. The average molecular weight is 315 g/mol. The molecular formula is C17H18FN3O2. The lowest BCUT2D eigenvalue weighted by atomic mass is 10.1. The molecule has 120 valence electrons. The maximum Gasteiger partial charge on any atom is 0.322 e. The molecule has 23 heavy (non-hydrogen) atoms. The largest absolute Gasteiger partial charge is 0.372 e. The van der Waals surface area contributed by atoms with Crippen molar-refractivity contribution in [1.29, 1.82) is 0 Å². The first kappa shape index (κ1) is 15.4. The van der Waals surface area contributed by atoms with Crippen LogP contribution in [0.2, 0.25) is 0 Å². The number of amides is 2. The van der Waals surface area contributed by atoms with E-state index in [0.29, 0.717) is 26.1 Å². The maximum atomic E-state index is 13.6. The summed E-state index contributed by atoms with van der Waals surface area (Å²) in [5, 5.41) is 2.58. The lowest BCUT2D eigenvalue weighted by Gasteiger charge is -2.20. The summed E-state index contributed by atoms with van der Waals surface area (Å²) in [6.45, 7) is 1.48. The van der Waals surface area contributed by atoms with Crippen LogP contribution >= 0.6 is 0 Å². The second-order valence-corrected chi connectivity index (χ2v) is 5.33. The van der Waals surface area contributed by atoms with Gasteiger partial charge in [-0.15, -0.1) is 0 Å². The van der Waals surface area contributed by atoms with Crippen molar-refractivity contribution in [2.75, 3.05) is 25.0 Å². The minimum Gasteiger partial charge on any atom is -0.372 e. The van der Waals surface area contributed by atoms with E-state index in [9.17, 15) is 9.18 Å². The summed E-state index contributed by atoms with van der Waals surface area (Å²) < 4.78 is 19.4. The molecule has 0 radical (unpaired) electrons. The van der Waals surface area contributed by atoms with Crippen molar-refractivity contribution < 1.29 is 13.9 Å². The van der Waals surface area contributed by atoms with Gasteiger partial charge in [0, 0.05) is 19.3 Å². The van der Waals surface area contributed by atoms with Gasteiger partial charge in [0.15, 0.2) is 5.82 Å². The Kier molecular flexibility index (Phi) is 4.83. The van der Waals surface area contributed by atoms with Crippen LogP contribution in [0.5, 0.6) is 0 Å². The molecule has 1 N–H and O–H groups in total. The summed E-state index contributed by atoms with van der Waals surface area (Å²) in [6.07, 6.45) is 3.20. The van der Waals surface area contributed by atoms with E-state index in [1.807, 2.05) is 30.3 Å². The van der Waals surface area contributed by atoms with E-state index >= 15 is 0 Å². The zero-order valence-electron chi connectivity index (χ0n) is 12.6. The molecule has 1 unspecified atom stereocenters. The van der Waals surface area contributed by atoms with Gasteiger partial charge in [-0.3, -0.25) is 4.98 Å². The highest BCUT2D eigenvalue weighted by atomic mass is 19.1. The van der Waals surface area contributed by atoms with Crippen molar-refractivity contribution in [1.82, 2.24) is 9.88 Å². The summed E-state index contributed by atoms with van der Waals surface area (Å²) in [5.41, 5.74) is 1.24. The van der Waals surface area contributed by atoms with Gasteiger partial charge in [0.1, 0.15) is 0 Å². The molecule has 1 fully saturated rings. The summed E-state index contributed by atoms with van der Waals surface area (Å²) in [4.78, 5) is 17.6. The first-order valence-electron chi connectivity index (χ1n) is 7.56. The molecule has 1 saturated heterocycles. The number of nitrogens with zero attached hydrogens (tertiary/aromatic N) is 2. The predicted octanol–water partition coefficient (Wildman–Crippen LogP) is 3.22. The number of rotatable bonds is 2. The highest BCUT2D eigenvalue weighted by Crippen LogP contribution is 2.24. The van der Waals surface area contributed by atoms with Crippen molar-refractivity contribution in [3.8, 4) is 0 Å². The number of ether oxygens (including phenoxy) is 1. The lowest BCUT2D eigenvalue weighted by Crippen LogP contribution is -2.36. The van der Waals surface area contributed by atoms with Crippen LogP contribution in [0.15, 0.2) is 48.8 Å². The molecule has 1 aliphatic heterocycles. The minimum absolute atomic E-state index is 0.0216. The Hall–Kier alpha value is -2.47. The molecule has 0 bridgehead atoms. The number of aromatic nitrogens is 1. The molecule has 0 aliphatic carbocycles. The fourth-order valence-electron chi connectivity index (χ4n) is 2.58. The number of nitrogens with one attached hydrogen (secondary N) is 1. The smallest absolute Gasteiger partial charge is 0.322 e. The highest BCUT2D eigenvalue weighted by Gasteiger charge is 2.22. The molecule has 3 rings (SSSR count). The molecule has 0 saturated carbocycles. The van der Waals surface area contributed by atoms with E-state index in [0.717, 1.165) is 11.8 Å². The second kappa shape index (κ2) is 7.19. The molecule has 6 heteroatoms. The minimum atomic E-state index is -0.547. The van der Waals surface area contributed by atoms with E-state index in [-0.39, 0.29) is 17.8 Å². The number of benzene rings is 1. The predicted molar refractivity (Wildman–Crippen MR) is 84.5 cm³/mol. The SMILES string of the molecule is O=C(Nc1ccncc1F)N1CCOC(c2ccccc2)CC1. The van der Waals surface area contributed by atoms with Crippen molar-refractivity contribution in [2.24, 2.45) is 0 Å². The molecule has 1 atom stereocenters. The molecule has 2 amide bonds. The molecule has 1 aromatic carbocycles. The van der Waals surface area contributed by atoms with E-state index in [4.69, 9.17) is 4.74 Å². The molecule has 2 aromatic rings. The number of anilines is 1. The Labute approximate surface area is 134 Å². The first-order chi connectivity index (χ1) is 11.2. The van der Waals surface area contributed by atoms with E-state index < -0.39 is 5.82 Å². The molecule has 1 aromatic heterocycles. The van der Waals surface area contributed by atoms with Crippen LogP contribution in [0, 0.1) is 5.82 Å². The van der Waals surface area contributed by atoms with Crippen LogP contribution in [-0.4, -0.2) is 35.6 Å². The fourth-order valence-corrected chi connectivity index (χ4v) is 2.58.